The molecule has 20 heavy (non-hydrogen) atoms. The predicted molar refractivity (Wildman–Crippen MR) is 81.4 cm³/mol. The molecule has 0 aliphatic carbocycles. The molecule has 0 aliphatic heterocycles. The first kappa shape index (κ1) is 16.8. The number of aliphatic hydroxyl groups is 1. The van der Waals surface area contributed by atoms with Crippen LogP contribution < -0.4 is 14.8 Å². The van der Waals surface area contributed by atoms with Gasteiger partial charge in [-0.1, -0.05) is 13.0 Å². The van der Waals surface area contributed by atoms with E-state index in [9.17, 15) is 5.11 Å². The lowest BCUT2D eigenvalue weighted by Crippen LogP contribution is -2.22. The van der Waals surface area contributed by atoms with Crippen LogP contribution in [0.3, 0.4) is 0 Å². The van der Waals surface area contributed by atoms with Crippen molar-refractivity contribution >= 4 is 0 Å². The number of hydrogen-bond acceptors (Lipinski definition) is 4. The molecule has 4 nitrogen and oxygen atoms in total. The van der Waals surface area contributed by atoms with Crippen LogP contribution in [-0.4, -0.2) is 31.0 Å². The van der Waals surface area contributed by atoms with Crippen LogP contribution >= 0.6 is 0 Å². The third kappa shape index (κ3) is 6.26. The van der Waals surface area contributed by atoms with Crippen LogP contribution in [0.15, 0.2) is 18.2 Å². The van der Waals surface area contributed by atoms with Crippen molar-refractivity contribution in [2.75, 3.05) is 20.3 Å². The van der Waals surface area contributed by atoms with Gasteiger partial charge in [-0.15, -0.1) is 0 Å². The fourth-order valence-electron chi connectivity index (χ4n) is 1.73. The van der Waals surface area contributed by atoms with Gasteiger partial charge < -0.3 is 19.9 Å². The smallest absolute Gasteiger partial charge is 0.127 e. The molecular weight excluding hydrogens is 254 g/mol. The second kappa shape index (κ2) is 8.12. The summed E-state index contributed by atoms with van der Waals surface area (Å²) in [5, 5.41) is 12.8. The van der Waals surface area contributed by atoms with E-state index in [0.717, 1.165) is 30.0 Å². The summed E-state index contributed by atoms with van der Waals surface area (Å²) in [7, 11) is 1.90. The highest BCUT2D eigenvalue weighted by molar-refractivity contribution is 5.40. The molecule has 0 heterocycles. The van der Waals surface area contributed by atoms with Crippen molar-refractivity contribution < 1.29 is 14.6 Å². The zero-order valence-electron chi connectivity index (χ0n) is 13.0. The molecule has 0 aliphatic rings. The van der Waals surface area contributed by atoms with Crippen molar-refractivity contribution in [3.05, 3.63) is 23.8 Å². The van der Waals surface area contributed by atoms with E-state index in [1.54, 1.807) is 13.8 Å². The van der Waals surface area contributed by atoms with Gasteiger partial charge in [0.1, 0.15) is 11.5 Å². The zero-order chi connectivity index (χ0) is 15.0. The van der Waals surface area contributed by atoms with Gasteiger partial charge in [0.2, 0.25) is 0 Å². The minimum absolute atomic E-state index is 0.484. The third-order valence-corrected chi connectivity index (χ3v) is 2.85. The van der Waals surface area contributed by atoms with Gasteiger partial charge in [-0.3, -0.25) is 0 Å². The number of ether oxygens (including phenoxy) is 2. The van der Waals surface area contributed by atoms with Crippen molar-refractivity contribution in [3.63, 3.8) is 0 Å². The van der Waals surface area contributed by atoms with E-state index in [0.29, 0.717) is 19.6 Å². The highest BCUT2D eigenvalue weighted by atomic mass is 16.5. The fraction of sp³-hybridized carbons (Fsp3) is 0.625. The van der Waals surface area contributed by atoms with Crippen LogP contribution in [0.1, 0.15) is 39.2 Å². The molecule has 1 rings (SSSR count). The van der Waals surface area contributed by atoms with Crippen molar-refractivity contribution in [2.45, 2.75) is 45.8 Å². The molecule has 0 fully saturated rings. The number of rotatable bonds is 9. The van der Waals surface area contributed by atoms with Crippen molar-refractivity contribution in [1.29, 1.82) is 0 Å². The Kier molecular flexibility index (Phi) is 6.82. The number of benzene rings is 1. The minimum atomic E-state index is -0.709. The monoisotopic (exact) mass is 281 g/mol. The Morgan fingerprint density at radius 1 is 1.20 bits per heavy atom. The first-order valence-corrected chi connectivity index (χ1v) is 7.22. The summed E-state index contributed by atoms with van der Waals surface area (Å²) in [6.07, 6.45) is 1.57. The Bertz CT molecular complexity index is 399. The second-order valence-corrected chi connectivity index (χ2v) is 5.56. The van der Waals surface area contributed by atoms with E-state index < -0.39 is 5.60 Å². The highest BCUT2D eigenvalue weighted by Gasteiger charge is 2.13. The molecule has 4 heteroatoms. The molecule has 1 aromatic carbocycles. The molecule has 0 radical (unpaired) electrons. The Labute approximate surface area is 122 Å². The van der Waals surface area contributed by atoms with Crippen LogP contribution in [0.4, 0.5) is 0 Å². The molecule has 0 bridgehead atoms. The summed E-state index contributed by atoms with van der Waals surface area (Å²) >= 11 is 0. The Balaban J connectivity index is 2.72. The van der Waals surface area contributed by atoms with Gasteiger partial charge in [-0.25, -0.2) is 0 Å². The minimum Gasteiger partial charge on any atom is -0.493 e. The molecule has 0 amide bonds. The average molecular weight is 281 g/mol. The van der Waals surface area contributed by atoms with Crippen LogP contribution in [0.5, 0.6) is 11.5 Å². The highest BCUT2D eigenvalue weighted by Crippen LogP contribution is 2.26. The average Bonchev–Trinajstić information content (AvgIpc) is 2.37. The molecule has 1 aromatic rings. The van der Waals surface area contributed by atoms with Crippen LogP contribution in [-0.2, 0) is 6.54 Å². The quantitative estimate of drug-likeness (QED) is 0.731. The topological polar surface area (TPSA) is 50.7 Å². The standard InChI is InChI=1S/C16H27NO3/c1-5-9-19-14-7-6-13(12-17-4)15(11-14)20-10-8-16(2,3)18/h6-7,11,17-18H,5,8-10,12H2,1-4H3. The number of nitrogens with one attached hydrogen (secondary N) is 1. The lowest BCUT2D eigenvalue weighted by Gasteiger charge is -2.18. The normalized spacial score (nSPS) is 11.4. The van der Waals surface area contributed by atoms with Gasteiger partial charge in [0, 0.05) is 24.6 Å². The Morgan fingerprint density at radius 2 is 1.95 bits per heavy atom. The first-order chi connectivity index (χ1) is 9.46. The molecule has 114 valence electrons. The molecule has 0 saturated carbocycles. The largest absolute Gasteiger partial charge is 0.493 e. The summed E-state index contributed by atoms with van der Waals surface area (Å²) < 4.78 is 11.4. The van der Waals surface area contributed by atoms with Gasteiger partial charge in [-0.05, 0) is 33.4 Å². The van der Waals surface area contributed by atoms with Crippen molar-refractivity contribution in [2.24, 2.45) is 0 Å². The molecule has 0 unspecified atom stereocenters. The maximum absolute atomic E-state index is 9.72. The molecule has 0 saturated heterocycles. The lowest BCUT2D eigenvalue weighted by molar-refractivity contribution is 0.0551. The van der Waals surface area contributed by atoms with Crippen LogP contribution in [0.2, 0.25) is 0 Å². The third-order valence-electron chi connectivity index (χ3n) is 2.85. The van der Waals surface area contributed by atoms with E-state index in [1.165, 1.54) is 0 Å². The molecule has 0 aromatic heterocycles. The van der Waals surface area contributed by atoms with Gasteiger partial charge >= 0.3 is 0 Å². The van der Waals surface area contributed by atoms with Crippen molar-refractivity contribution in [1.82, 2.24) is 5.32 Å². The van der Waals surface area contributed by atoms with Gasteiger partial charge in [-0.2, -0.15) is 0 Å². The van der Waals surface area contributed by atoms with Gasteiger partial charge in [0.25, 0.3) is 0 Å². The SMILES string of the molecule is CCCOc1ccc(CNC)c(OCCC(C)(C)O)c1. The van der Waals surface area contributed by atoms with Crippen LogP contribution in [0, 0.1) is 0 Å². The van der Waals surface area contributed by atoms with Crippen molar-refractivity contribution in [3.8, 4) is 11.5 Å². The zero-order valence-corrected chi connectivity index (χ0v) is 13.0. The van der Waals surface area contributed by atoms with E-state index in [-0.39, 0.29) is 0 Å². The summed E-state index contributed by atoms with van der Waals surface area (Å²) in [6.45, 7) is 7.57. The van der Waals surface area contributed by atoms with E-state index in [4.69, 9.17) is 9.47 Å². The summed E-state index contributed by atoms with van der Waals surface area (Å²) in [6, 6.07) is 5.90. The summed E-state index contributed by atoms with van der Waals surface area (Å²) in [4.78, 5) is 0. The first-order valence-electron chi connectivity index (χ1n) is 7.22. The maximum atomic E-state index is 9.72. The molecule has 2 N–H and O–H groups in total. The molecule has 0 spiro atoms. The summed E-state index contributed by atoms with van der Waals surface area (Å²) in [5.74, 6) is 1.64. The Hall–Kier alpha value is -1.26. The summed E-state index contributed by atoms with van der Waals surface area (Å²) in [5.41, 5.74) is 0.381. The fourth-order valence-corrected chi connectivity index (χ4v) is 1.73. The van der Waals surface area contributed by atoms with Crippen LogP contribution in [0.25, 0.3) is 0 Å². The van der Waals surface area contributed by atoms with Gasteiger partial charge in [0.15, 0.2) is 0 Å². The maximum Gasteiger partial charge on any atom is 0.127 e. The number of hydrogen-bond donors (Lipinski definition) is 2. The van der Waals surface area contributed by atoms with E-state index in [1.807, 2.05) is 25.2 Å². The Morgan fingerprint density at radius 3 is 2.55 bits per heavy atom. The van der Waals surface area contributed by atoms with Gasteiger partial charge in [0.05, 0.1) is 18.8 Å². The predicted octanol–water partition coefficient (Wildman–Crippen LogP) is 2.73. The molecule has 0 atom stereocenters. The lowest BCUT2D eigenvalue weighted by atomic mass is 10.1. The second-order valence-electron chi connectivity index (χ2n) is 5.56. The molecular formula is C16H27NO3. The van der Waals surface area contributed by atoms with E-state index >= 15 is 0 Å². The van der Waals surface area contributed by atoms with E-state index in [2.05, 4.69) is 12.2 Å².